The Hall–Kier alpha value is -1.82. The number of rotatable bonds is 8. The molecular formula is C14H25N3O3. The number of nitro groups is 1. The van der Waals surface area contributed by atoms with Gasteiger partial charge < -0.3 is 16.2 Å². The molecule has 6 heteroatoms. The summed E-state index contributed by atoms with van der Waals surface area (Å²) in [5.74, 6) is 0. The Morgan fingerprint density at radius 3 is 2.50 bits per heavy atom. The number of hydrogen-bond donors (Lipinski definition) is 3. The van der Waals surface area contributed by atoms with Gasteiger partial charge in [0.1, 0.15) is 5.69 Å². The van der Waals surface area contributed by atoms with E-state index in [4.69, 9.17) is 10.8 Å². The van der Waals surface area contributed by atoms with Crippen molar-refractivity contribution in [3.05, 3.63) is 28.3 Å². The van der Waals surface area contributed by atoms with Crippen LogP contribution in [0.2, 0.25) is 0 Å². The molecular weight excluding hydrogens is 258 g/mol. The Morgan fingerprint density at radius 1 is 1.25 bits per heavy atom. The van der Waals surface area contributed by atoms with Gasteiger partial charge in [-0.1, -0.05) is 26.7 Å². The Balaban J connectivity index is 0.00000172. The summed E-state index contributed by atoms with van der Waals surface area (Å²) in [5, 5.41) is 22.5. The average Bonchev–Trinajstić information content (AvgIpc) is 2.46. The number of nitrogens with zero attached hydrogens (tertiary/aromatic N) is 1. The smallest absolute Gasteiger partial charge is 0.294 e. The normalized spacial score (nSPS) is 9.55. The van der Waals surface area contributed by atoms with Gasteiger partial charge in [-0.25, -0.2) is 0 Å². The summed E-state index contributed by atoms with van der Waals surface area (Å²) in [5.41, 5.74) is 6.41. The number of benzene rings is 1. The minimum atomic E-state index is -0.440. The molecule has 114 valence electrons. The van der Waals surface area contributed by atoms with Crippen LogP contribution in [0.3, 0.4) is 0 Å². The van der Waals surface area contributed by atoms with Crippen molar-refractivity contribution in [3.8, 4) is 0 Å². The van der Waals surface area contributed by atoms with Crippen LogP contribution in [0, 0.1) is 10.1 Å². The van der Waals surface area contributed by atoms with E-state index in [1.54, 1.807) is 12.1 Å². The lowest BCUT2D eigenvalue weighted by atomic mass is 10.2. The van der Waals surface area contributed by atoms with Gasteiger partial charge >= 0.3 is 0 Å². The predicted octanol–water partition coefficient (Wildman–Crippen LogP) is 3.17. The minimum absolute atomic E-state index is 0.00496. The Morgan fingerprint density at radius 2 is 1.90 bits per heavy atom. The summed E-state index contributed by atoms with van der Waals surface area (Å²) in [7, 11) is 0. The number of nitrogens with one attached hydrogen (secondary N) is 1. The van der Waals surface area contributed by atoms with E-state index in [2.05, 4.69) is 5.32 Å². The third kappa shape index (κ3) is 6.94. The maximum absolute atomic E-state index is 10.8. The molecule has 0 aliphatic carbocycles. The monoisotopic (exact) mass is 283 g/mol. The molecule has 0 radical (unpaired) electrons. The zero-order chi connectivity index (χ0) is 15.4. The van der Waals surface area contributed by atoms with Gasteiger partial charge in [-0.05, 0) is 25.0 Å². The highest BCUT2D eigenvalue weighted by Gasteiger charge is 2.13. The van der Waals surface area contributed by atoms with Crippen LogP contribution in [0.25, 0.3) is 0 Å². The molecule has 20 heavy (non-hydrogen) atoms. The van der Waals surface area contributed by atoms with Crippen LogP contribution in [0.1, 0.15) is 39.5 Å². The zero-order valence-electron chi connectivity index (χ0n) is 12.3. The van der Waals surface area contributed by atoms with Crippen molar-refractivity contribution in [3.63, 3.8) is 0 Å². The van der Waals surface area contributed by atoms with Crippen molar-refractivity contribution in [1.29, 1.82) is 0 Å². The first-order valence-electron chi connectivity index (χ1n) is 7.04. The maximum atomic E-state index is 10.8. The van der Waals surface area contributed by atoms with E-state index < -0.39 is 4.92 Å². The van der Waals surface area contributed by atoms with Gasteiger partial charge in [-0.15, -0.1) is 0 Å². The van der Waals surface area contributed by atoms with Crippen LogP contribution in [0.4, 0.5) is 17.1 Å². The number of hydrogen-bond acceptors (Lipinski definition) is 5. The molecule has 0 heterocycles. The number of nitrogens with two attached hydrogens (primary N) is 1. The van der Waals surface area contributed by atoms with E-state index in [1.807, 2.05) is 13.8 Å². The van der Waals surface area contributed by atoms with Gasteiger partial charge in [0.05, 0.1) is 4.92 Å². The fourth-order valence-corrected chi connectivity index (χ4v) is 1.66. The molecule has 1 aromatic rings. The second-order valence-electron chi connectivity index (χ2n) is 4.10. The van der Waals surface area contributed by atoms with E-state index in [0.29, 0.717) is 17.9 Å². The van der Waals surface area contributed by atoms with Crippen LogP contribution in [-0.2, 0) is 0 Å². The van der Waals surface area contributed by atoms with E-state index >= 15 is 0 Å². The molecule has 0 amide bonds. The maximum Gasteiger partial charge on any atom is 0.294 e. The molecule has 1 rings (SSSR count). The Kier molecular flexibility index (Phi) is 10.0. The molecule has 0 fully saturated rings. The van der Waals surface area contributed by atoms with E-state index in [1.165, 1.54) is 6.07 Å². The Bertz CT molecular complexity index is 397. The highest BCUT2D eigenvalue weighted by molar-refractivity contribution is 5.66. The molecule has 1 aromatic carbocycles. The van der Waals surface area contributed by atoms with Crippen LogP contribution >= 0.6 is 0 Å². The number of unbranched alkanes of at least 4 members (excludes halogenated alkanes) is 3. The van der Waals surface area contributed by atoms with Gasteiger partial charge in [0.15, 0.2) is 0 Å². The Labute approximate surface area is 120 Å². The van der Waals surface area contributed by atoms with Gasteiger partial charge in [-0.3, -0.25) is 10.1 Å². The van der Waals surface area contributed by atoms with Crippen molar-refractivity contribution < 1.29 is 10.0 Å². The van der Waals surface area contributed by atoms with Gasteiger partial charge in [-0.2, -0.15) is 0 Å². The summed E-state index contributed by atoms with van der Waals surface area (Å²) in [6, 6.07) is 4.62. The quantitative estimate of drug-likeness (QED) is 0.294. The topological polar surface area (TPSA) is 101 Å². The van der Waals surface area contributed by atoms with Crippen molar-refractivity contribution in [2.45, 2.75) is 39.5 Å². The van der Waals surface area contributed by atoms with E-state index in [9.17, 15) is 10.1 Å². The lowest BCUT2D eigenvalue weighted by Crippen LogP contribution is -2.05. The van der Waals surface area contributed by atoms with Crippen molar-refractivity contribution >= 4 is 17.1 Å². The van der Waals surface area contributed by atoms with Crippen molar-refractivity contribution in [1.82, 2.24) is 0 Å². The lowest BCUT2D eigenvalue weighted by molar-refractivity contribution is -0.383. The molecule has 0 bridgehead atoms. The molecule has 0 aliphatic heterocycles. The van der Waals surface area contributed by atoms with Gasteiger partial charge in [0.25, 0.3) is 5.69 Å². The molecule has 6 nitrogen and oxygen atoms in total. The molecule has 0 saturated heterocycles. The first-order valence-corrected chi connectivity index (χ1v) is 7.04. The summed E-state index contributed by atoms with van der Waals surface area (Å²) < 4.78 is 0. The number of anilines is 2. The minimum Gasteiger partial charge on any atom is -0.399 e. The number of aliphatic hydroxyl groups is 1. The fourth-order valence-electron chi connectivity index (χ4n) is 1.66. The second kappa shape index (κ2) is 11.0. The van der Waals surface area contributed by atoms with Crippen LogP contribution in [0.5, 0.6) is 0 Å². The van der Waals surface area contributed by atoms with E-state index in [-0.39, 0.29) is 12.3 Å². The standard InChI is InChI=1S/C12H19N3O3.C2H6/c13-10-5-6-11(12(9-10)15(17)18)14-7-3-1-2-4-8-16;1-2/h5-6,9,14,16H,1-4,7-8,13H2;1-2H3. The second-order valence-corrected chi connectivity index (χ2v) is 4.10. The SMILES string of the molecule is CC.Nc1ccc(NCCCCCCO)c([N+](=O)[O-])c1. The fraction of sp³-hybridized carbons (Fsp3) is 0.571. The molecule has 4 N–H and O–H groups in total. The van der Waals surface area contributed by atoms with Crippen LogP contribution < -0.4 is 11.1 Å². The molecule has 0 unspecified atom stereocenters. The first-order chi connectivity index (χ1) is 9.65. The van der Waals surface area contributed by atoms with Crippen molar-refractivity contribution in [2.75, 3.05) is 24.2 Å². The number of nitrogen functional groups attached to an aromatic ring is 1. The summed E-state index contributed by atoms with van der Waals surface area (Å²) in [6.45, 7) is 4.90. The highest BCUT2D eigenvalue weighted by atomic mass is 16.6. The van der Waals surface area contributed by atoms with Crippen molar-refractivity contribution in [2.24, 2.45) is 0 Å². The lowest BCUT2D eigenvalue weighted by Gasteiger charge is -2.07. The van der Waals surface area contributed by atoms with Crippen LogP contribution in [-0.4, -0.2) is 23.2 Å². The molecule has 0 aliphatic rings. The molecule has 0 aromatic heterocycles. The molecule has 0 saturated carbocycles. The summed E-state index contributed by atoms with van der Waals surface area (Å²) in [4.78, 5) is 10.4. The van der Waals surface area contributed by atoms with Gasteiger partial charge in [0, 0.05) is 24.9 Å². The third-order valence-corrected chi connectivity index (χ3v) is 2.62. The predicted molar refractivity (Wildman–Crippen MR) is 82.9 cm³/mol. The highest BCUT2D eigenvalue weighted by Crippen LogP contribution is 2.26. The van der Waals surface area contributed by atoms with E-state index in [0.717, 1.165) is 25.7 Å². The van der Waals surface area contributed by atoms with Crippen LogP contribution in [0.15, 0.2) is 18.2 Å². The largest absolute Gasteiger partial charge is 0.399 e. The third-order valence-electron chi connectivity index (χ3n) is 2.62. The molecule has 0 atom stereocenters. The first kappa shape index (κ1) is 18.2. The molecule has 0 spiro atoms. The van der Waals surface area contributed by atoms with Gasteiger partial charge in [0.2, 0.25) is 0 Å². The average molecular weight is 283 g/mol. The number of nitro benzene ring substituents is 1. The number of aliphatic hydroxyl groups excluding tert-OH is 1. The zero-order valence-corrected chi connectivity index (χ0v) is 12.3. The summed E-state index contributed by atoms with van der Waals surface area (Å²) >= 11 is 0. The summed E-state index contributed by atoms with van der Waals surface area (Å²) in [6.07, 6.45) is 3.70.